The van der Waals surface area contributed by atoms with Gasteiger partial charge < -0.3 is 14.8 Å². The predicted molar refractivity (Wildman–Crippen MR) is 112 cm³/mol. The molecule has 6 nitrogen and oxygen atoms in total. The second kappa shape index (κ2) is 12.3. The van der Waals surface area contributed by atoms with Crippen molar-refractivity contribution in [3.8, 4) is 5.75 Å². The first-order valence-electron chi connectivity index (χ1n) is 9.49. The summed E-state index contributed by atoms with van der Waals surface area (Å²) in [6.45, 7) is 7.51. The molecule has 6 heteroatoms. The Morgan fingerprint density at radius 3 is 1.97 bits per heavy atom. The molecule has 156 valence electrons. The third kappa shape index (κ3) is 8.17. The Bertz CT molecular complexity index is 797. The second-order valence-electron chi connectivity index (χ2n) is 6.31. The van der Waals surface area contributed by atoms with Crippen LogP contribution >= 0.6 is 0 Å². The number of hydrogen-bond acceptors (Lipinski definition) is 5. The van der Waals surface area contributed by atoms with Gasteiger partial charge in [-0.05, 0) is 50.6 Å². The zero-order valence-corrected chi connectivity index (χ0v) is 17.7. The summed E-state index contributed by atoms with van der Waals surface area (Å²) in [5, 5.41) is 2.78. The van der Waals surface area contributed by atoms with Crippen LogP contribution in [0.2, 0.25) is 0 Å². The summed E-state index contributed by atoms with van der Waals surface area (Å²) in [5.41, 5.74) is 2.37. The normalized spacial score (nSPS) is 10.8. The van der Waals surface area contributed by atoms with Gasteiger partial charge in [0.05, 0.1) is 13.7 Å². The number of ether oxygens (including phenoxy) is 2. The van der Waals surface area contributed by atoms with Crippen LogP contribution < -0.4 is 10.1 Å². The number of benzene rings is 2. The molecule has 0 saturated carbocycles. The Morgan fingerprint density at radius 1 is 0.966 bits per heavy atom. The lowest BCUT2D eigenvalue weighted by Gasteiger charge is -2.17. The van der Waals surface area contributed by atoms with Crippen LogP contribution in [0.3, 0.4) is 0 Å². The average molecular weight is 399 g/mol. The van der Waals surface area contributed by atoms with Crippen LogP contribution in [0.1, 0.15) is 54.7 Å². The van der Waals surface area contributed by atoms with Gasteiger partial charge in [0.15, 0.2) is 5.78 Å². The molecule has 0 aliphatic carbocycles. The number of amides is 1. The molecule has 0 heterocycles. The smallest absolute Gasteiger partial charge is 0.305 e. The first-order valence-corrected chi connectivity index (χ1v) is 9.49. The maximum Gasteiger partial charge on any atom is 0.305 e. The lowest BCUT2D eigenvalue weighted by molar-refractivity contribution is -0.142. The number of rotatable bonds is 7. The quantitative estimate of drug-likeness (QED) is 0.711. The standard InChI is InChI=1S/C18H19NO3.C5H10O2/c1-12-4-6-14(7-5-12)17(13(2)20)19-18(21)15-8-10-16(22-3)11-9-15;1-3-5(6)7-4-2/h4-11,17H,1-3H3,(H,19,21);3-4H2,1-2H3. The highest BCUT2D eigenvalue weighted by Crippen LogP contribution is 2.17. The fraction of sp³-hybridized carbons (Fsp3) is 0.348. The van der Waals surface area contributed by atoms with E-state index in [1.54, 1.807) is 45.2 Å². The molecule has 1 unspecified atom stereocenters. The van der Waals surface area contributed by atoms with Crippen molar-refractivity contribution in [3.63, 3.8) is 0 Å². The molecular formula is C23H29NO5. The molecule has 0 aliphatic rings. The van der Waals surface area contributed by atoms with E-state index in [1.165, 1.54) is 6.92 Å². The Kier molecular flexibility index (Phi) is 10.2. The largest absolute Gasteiger partial charge is 0.497 e. The van der Waals surface area contributed by atoms with Crippen LogP contribution in [-0.2, 0) is 14.3 Å². The molecule has 2 rings (SSSR count). The number of Topliss-reactive ketones (excluding diaryl/α,β-unsaturated/α-hetero) is 1. The molecule has 0 saturated heterocycles. The van der Waals surface area contributed by atoms with E-state index in [9.17, 15) is 14.4 Å². The van der Waals surface area contributed by atoms with Gasteiger partial charge in [-0.2, -0.15) is 0 Å². The summed E-state index contributed by atoms with van der Waals surface area (Å²) in [5.74, 6) is 0.162. The van der Waals surface area contributed by atoms with E-state index in [-0.39, 0.29) is 17.7 Å². The number of hydrogen-bond donors (Lipinski definition) is 1. The number of carbonyl (C=O) groups is 3. The number of ketones is 1. The highest BCUT2D eigenvalue weighted by Gasteiger charge is 2.19. The Hall–Kier alpha value is -3.15. The zero-order valence-electron chi connectivity index (χ0n) is 17.7. The molecule has 0 spiro atoms. The van der Waals surface area contributed by atoms with E-state index < -0.39 is 6.04 Å². The van der Waals surface area contributed by atoms with E-state index in [1.807, 2.05) is 31.2 Å². The highest BCUT2D eigenvalue weighted by molar-refractivity contribution is 5.97. The van der Waals surface area contributed by atoms with Crippen molar-refractivity contribution in [1.29, 1.82) is 0 Å². The summed E-state index contributed by atoms with van der Waals surface area (Å²) in [4.78, 5) is 34.3. The van der Waals surface area contributed by atoms with Crippen molar-refractivity contribution in [3.05, 3.63) is 65.2 Å². The lowest BCUT2D eigenvalue weighted by atomic mass is 10.0. The van der Waals surface area contributed by atoms with Crippen molar-refractivity contribution in [2.24, 2.45) is 0 Å². The molecule has 1 N–H and O–H groups in total. The average Bonchev–Trinajstić information content (AvgIpc) is 2.73. The molecule has 1 amide bonds. The van der Waals surface area contributed by atoms with Gasteiger partial charge in [-0.3, -0.25) is 14.4 Å². The van der Waals surface area contributed by atoms with E-state index >= 15 is 0 Å². The summed E-state index contributed by atoms with van der Waals surface area (Å²) in [7, 11) is 1.57. The minimum Gasteiger partial charge on any atom is -0.497 e. The van der Waals surface area contributed by atoms with Crippen LogP contribution in [0.5, 0.6) is 5.75 Å². The Balaban J connectivity index is 0.000000516. The number of aryl methyl sites for hydroxylation is 1. The van der Waals surface area contributed by atoms with Crippen molar-refractivity contribution in [2.75, 3.05) is 13.7 Å². The van der Waals surface area contributed by atoms with Gasteiger partial charge in [0.1, 0.15) is 11.8 Å². The molecule has 2 aromatic carbocycles. The second-order valence-corrected chi connectivity index (χ2v) is 6.31. The monoisotopic (exact) mass is 399 g/mol. The topological polar surface area (TPSA) is 81.7 Å². The SMILES string of the molecule is CCOC(=O)CC.COc1ccc(C(=O)NC(C(C)=O)c2ccc(C)cc2)cc1. The molecule has 0 aromatic heterocycles. The number of nitrogens with one attached hydrogen (secondary N) is 1. The molecule has 0 radical (unpaired) electrons. The molecular weight excluding hydrogens is 370 g/mol. The van der Waals surface area contributed by atoms with E-state index in [2.05, 4.69) is 10.1 Å². The number of esters is 1. The fourth-order valence-corrected chi connectivity index (χ4v) is 2.40. The summed E-state index contributed by atoms with van der Waals surface area (Å²) in [6, 6.07) is 13.7. The molecule has 1 atom stereocenters. The molecule has 2 aromatic rings. The first kappa shape index (κ1) is 23.9. The maximum absolute atomic E-state index is 12.3. The Labute approximate surface area is 172 Å². The number of methoxy groups -OCH3 is 1. The van der Waals surface area contributed by atoms with Crippen LogP contribution in [0.25, 0.3) is 0 Å². The zero-order chi connectivity index (χ0) is 21.8. The molecule has 0 aliphatic heterocycles. The minimum atomic E-state index is -0.643. The minimum absolute atomic E-state index is 0.106. The van der Waals surface area contributed by atoms with E-state index in [4.69, 9.17) is 4.74 Å². The fourth-order valence-electron chi connectivity index (χ4n) is 2.40. The van der Waals surface area contributed by atoms with Gasteiger partial charge in [0, 0.05) is 12.0 Å². The van der Waals surface area contributed by atoms with Gasteiger partial charge in [0.2, 0.25) is 0 Å². The van der Waals surface area contributed by atoms with Crippen LogP contribution in [0.15, 0.2) is 48.5 Å². The first-order chi connectivity index (χ1) is 13.8. The summed E-state index contributed by atoms with van der Waals surface area (Å²) in [6.07, 6.45) is 0.480. The highest BCUT2D eigenvalue weighted by atomic mass is 16.5. The third-order valence-electron chi connectivity index (χ3n) is 4.04. The summed E-state index contributed by atoms with van der Waals surface area (Å²) >= 11 is 0. The Morgan fingerprint density at radius 2 is 1.55 bits per heavy atom. The van der Waals surface area contributed by atoms with Gasteiger partial charge in [-0.25, -0.2) is 0 Å². The summed E-state index contributed by atoms with van der Waals surface area (Å²) < 4.78 is 9.62. The van der Waals surface area contributed by atoms with Gasteiger partial charge in [0.25, 0.3) is 5.91 Å². The van der Waals surface area contributed by atoms with Crippen molar-refractivity contribution in [2.45, 2.75) is 40.2 Å². The molecule has 0 fully saturated rings. The third-order valence-corrected chi connectivity index (χ3v) is 4.04. The van der Waals surface area contributed by atoms with E-state index in [0.29, 0.717) is 24.3 Å². The lowest BCUT2D eigenvalue weighted by Crippen LogP contribution is -2.32. The van der Waals surface area contributed by atoms with E-state index in [0.717, 1.165) is 11.1 Å². The number of carbonyl (C=O) groups excluding carboxylic acids is 3. The van der Waals surface area contributed by atoms with Crippen LogP contribution in [-0.4, -0.2) is 31.4 Å². The van der Waals surface area contributed by atoms with Crippen molar-refractivity contribution >= 4 is 17.7 Å². The van der Waals surface area contributed by atoms with Crippen molar-refractivity contribution < 1.29 is 23.9 Å². The van der Waals surface area contributed by atoms with Gasteiger partial charge >= 0.3 is 5.97 Å². The maximum atomic E-state index is 12.3. The van der Waals surface area contributed by atoms with Gasteiger partial charge in [-0.1, -0.05) is 36.8 Å². The molecule has 0 bridgehead atoms. The van der Waals surface area contributed by atoms with Crippen LogP contribution in [0.4, 0.5) is 0 Å². The molecule has 29 heavy (non-hydrogen) atoms. The van der Waals surface area contributed by atoms with Crippen LogP contribution in [0, 0.1) is 6.92 Å². The predicted octanol–water partition coefficient (Wildman–Crippen LogP) is 4.02. The van der Waals surface area contributed by atoms with Crippen molar-refractivity contribution in [1.82, 2.24) is 5.32 Å². The van der Waals surface area contributed by atoms with Gasteiger partial charge in [-0.15, -0.1) is 0 Å².